The van der Waals surface area contributed by atoms with Crippen molar-refractivity contribution >= 4 is 5.91 Å². The number of amides is 1. The van der Waals surface area contributed by atoms with E-state index >= 15 is 0 Å². The van der Waals surface area contributed by atoms with E-state index in [1.165, 1.54) is 6.07 Å². The lowest BCUT2D eigenvalue weighted by atomic mass is 9.97. The molecule has 2 fully saturated rings. The van der Waals surface area contributed by atoms with Gasteiger partial charge in [0.05, 0.1) is 0 Å². The summed E-state index contributed by atoms with van der Waals surface area (Å²) in [5, 5.41) is 9.11. The molecule has 21 heavy (non-hydrogen) atoms. The minimum absolute atomic E-state index is 0.0168. The molecular formula is C16H19F2NO2. The molecule has 1 aromatic rings. The lowest BCUT2D eigenvalue weighted by Crippen LogP contribution is -2.40. The number of aliphatic hydroxyl groups excluding tert-OH is 1. The van der Waals surface area contributed by atoms with E-state index in [9.17, 15) is 13.6 Å². The van der Waals surface area contributed by atoms with Crippen LogP contribution in [0.4, 0.5) is 8.78 Å². The molecule has 1 aromatic carbocycles. The van der Waals surface area contributed by atoms with E-state index < -0.39 is 11.6 Å². The van der Waals surface area contributed by atoms with E-state index in [2.05, 4.69) is 0 Å². The lowest BCUT2D eigenvalue weighted by Gasteiger charge is -2.31. The zero-order chi connectivity index (χ0) is 15.0. The molecule has 5 heteroatoms. The van der Waals surface area contributed by atoms with Crippen molar-refractivity contribution in [1.29, 1.82) is 0 Å². The van der Waals surface area contributed by atoms with Crippen LogP contribution in [-0.4, -0.2) is 35.6 Å². The summed E-state index contributed by atoms with van der Waals surface area (Å²) >= 11 is 0. The molecular weight excluding hydrogens is 276 g/mol. The Hall–Kier alpha value is -1.49. The monoisotopic (exact) mass is 295 g/mol. The fraction of sp³-hybridized carbons (Fsp3) is 0.562. The minimum Gasteiger partial charge on any atom is -0.396 e. The Morgan fingerprint density at radius 1 is 1.24 bits per heavy atom. The van der Waals surface area contributed by atoms with Crippen LogP contribution in [0.1, 0.15) is 30.7 Å². The molecule has 3 nitrogen and oxygen atoms in total. The van der Waals surface area contributed by atoms with E-state index in [1.807, 2.05) is 4.90 Å². The molecule has 0 radical (unpaired) electrons. The maximum absolute atomic E-state index is 13.2. The van der Waals surface area contributed by atoms with E-state index in [0.29, 0.717) is 31.0 Å². The van der Waals surface area contributed by atoms with Gasteiger partial charge in [-0.05, 0) is 48.8 Å². The van der Waals surface area contributed by atoms with E-state index in [4.69, 9.17) is 5.11 Å². The fourth-order valence-electron chi connectivity index (χ4n) is 3.15. The van der Waals surface area contributed by atoms with E-state index in [-0.39, 0.29) is 24.3 Å². The van der Waals surface area contributed by atoms with Crippen LogP contribution in [0, 0.1) is 23.5 Å². The molecule has 2 atom stereocenters. The molecule has 1 aliphatic carbocycles. The number of aliphatic hydroxyl groups is 1. The van der Waals surface area contributed by atoms with Gasteiger partial charge in [-0.2, -0.15) is 0 Å². The van der Waals surface area contributed by atoms with Crippen LogP contribution in [0.25, 0.3) is 0 Å². The topological polar surface area (TPSA) is 40.5 Å². The number of rotatable bonds is 3. The second-order valence-electron chi connectivity index (χ2n) is 6.07. The van der Waals surface area contributed by atoms with Gasteiger partial charge in [0.25, 0.3) is 0 Å². The average molecular weight is 295 g/mol. The molecule has 2 unspecified atom stereocenters. The molecule has 1 aliphatic heterocycles. The highest BCUT2D eigenvalue weighted by Crippen LogP contribution is 2.49. The smallest absolute Gasteiger partial charge is 0.226 e. The van der Waals surface area contributed by atoms with Crippen LogP contribution < -0.4 is 0 Å². The lowest BCUT2D eigenvalue weighted by molar-refractivity contribution is -0.134. The minimum atomic E-state index is -0.853. The standard InChI is InChI=1S/C16H19F2NO2/c17-14-2-1-11(7-15(14)18)12-8-13(12)16(21)19-5-3-10(9-20)4-6-19/h1-2,7,10,12-13,20H,3-6,8-9H2. The van der Waals surface area contributed by atoms with Crippen LogP contribution in [-0.2, 0) is 4.79 Å². The van der Waals surface area contributed by atoms with E-state index in [1.54, 1.807) is 6.07 Å². The zero-order valence-corrected chi connectivity index (χ0v) is 11.8. The summed E-state index contributed by atoms with van der Waals surface area (Å²) in [4.78, 5) is 14.2. The molecule has 1 saturated carbocycles. The number of carbonyl (C=O) groups is 1. The Bertz CT molecular complexity index is 541. The first kappa shape index (κ1) is 14.4. The number of carbonyl (C=O) groups excluding carboxylic acids is 1. The SMILES string of the molecule is O=C(C1CC1c1ccc(F)c(F)c1)N1CCC(CO)CC1. The van der Waals surface area contributed by atoms with Gasteiger partial charge in [0.1, 0.15) is 0 Å². The highest BCUT2D eigenvalue weighted by Gasteiger charge is 2.46. The third-order valence-electron chi connectivity index (χ3n) is 4.66. The average Bonchev–Trinajstić information content (AvgIpc) is 3.30. The summed E-state index contributed by atoms with van der Waals surface area (Å²) in [6.45, 7) is 1.55. The van der Waals surface area contributed by atoms with Crippen LogP contribution in [0.5, 0.6) is 0 Å². The van der Waals surface area contributed by atoms with Crippen molar-refractivity contribution in [1.82, 2.24) is 4.90 Å². The van der Waals surface area contributed by atoms with Gasteiger partial charge in [0, 0.05) is 25.6 Å². The third kappa shape index (κ3) is 2.93. The molecule has 0 aromatic heterocycles. The van der Waals surface area contributed by atoms with Crippen molar-refractivity contribution in [2.24, 2.45) is 11.8 Å². The van der Waals surface area contributed by atoms with Gasteiger partial charge in [-0.25, -0.2) is 8.78 Å². The fourth-order valence-corrected chi connectivity index (χ4v) is 3.15. The summed E-state index contributed by atoms with van der Waals surface area (Å²) in [7, 11) is 0. The second-order valence-corrected chi connectivity index (χ2v) is 6.07. The first-order chi connectivity index (χ1) is 10.1. The number of piperidine rings is 1. The summed E-state index contributed by atoms with van der Waals surface area (Å²) in [6, 6.07) is 3.89. The van der Waals surface area contributed by atoms with Gasteiger partial charge in [0.2, 0.25) is 5.91 Å². The van der Waals surface area contributed by atoms with E-state index in [0.717, 1.165) is 18.9 Å². The number of benzene rings is 1. The summed E-state index contributed by atoms with van der Waals surface area (Å²) < 4.78 is 26.2. The Kier molecular flexibility index (Phi) is 3.93. The molecule has 0 bridgehead atoms. The van der Waals surface area contributed by atoms with Gasteiger partial charge in [-0.1, -0.05) is 6.07 Å². The number of hydrogen-bond donors (Lipinski definition) is 1. The van der Waals surface area contributed by atoms with Crippen LogP contribution in [0.3, 0.4) is 0 Å². The molecule has 1 N–H and O–H groups in total. The van der Waals surface area contributed by atoms with Gasteiger partial charge in [-0.3, -0.25) is 4.79 Å². The van der Waals surface area contributed by atoms with Gasteiger partial charge in [-0.15, -0.1) is 0 Å². The summed E-state index contributed by atoms with van der Waals surface area (Å²) in [5.74, 6) is -1.37. The highest BCUT2D eigenvalue weighted by molar-refractivity contribution is 5.83. The molecule has 1 heterocycles. The Labute approximate surface area is 122 Å². The second kappa shape index (κ2) is 5.72. The maximum Gasteiger partial charge on any atom is 0.226 e. The molecule has 1 saturated heterocycles. The third-order valence-corrected chi connectivity index (χ3v) is 4.66. The zero-order valence-electron chi connectivity index (χ0n) is 11.8. The van der Waals surface area contributed by atoms with Crippen molar-refractivity contribution in [3.05, 3.63) is 35.4 Å². The molecule has 1 amide bonds. The van der Waals surface area contributed by atoms with Crippen LogP contribution in [0.2, 0.25) is 0 Å². The maximum atomic E-state index is 13.2. The number of halogens is 2. The highest BCUT2D eigenvalue weighted by atomic mass is 19.2. The molecule has 2 aliphatic rings. The number of nitrogens with zero attached hydrogens (tertiary/aromatic N) is 1. The van der Waals surface area contributed by atoms with Gasteiger partial charge in [0.15, 0.2) is 11.6 Å². The first-order valence-corrected chi connectivity index (χ1v) is 7.44. The summed E-state index contributed by atoms with van der Waals surface area (Å²) in [6.07, 6.45) is 2.39. The predicted molar refractivity (Wildman–Crippen MR) is 73.6 cm³/mol. The Morgan fingerprint density at radius 2 is 1.95 bits per heavy atom. The predicted octanol–water partition coefficient (Wildman–Crippen LogP) is 2.30. The van der Waals surface area contributed by atoms with Crippen LogP contribution >= 0.6 is 0 Å². The molecule has 0 spiro atoms. The van der Waals surface area contributed by atoms with Crippen molar-refractivity contribution in [3.63, 3.8) is 0 Å². The first-order valence-electron chi connectivity index (χ1n) is 7.44. The molecule has 114 valence electrons. The van der Waals surface area contributed by atoms with Gasteiger partial charge >= 0.3 is 0 Å². The van der Waals surface area contributed by atoms with Crippen molar-refractivity contribution in [3.8, 4) is 0 Å². The quantitative estimate of drug-likeness (QED) is 0.929. The number of likely N-dealkylation sites (tertiary alicyclic amines) is 1. The van der Waals surface area contributed by atoms with Crippen molar-refractivity contribution < 1.29 is 18.7 Å². The number of hydrogen-bond acceptors (Lipinski definition) is 2. The van der Waals surface area contributed by atoms with Gasteiger partial charge < -0.3 is 10.0 Å². The Balaban J connectivity index is 1.60. The largest absolute Gasteiger partial charge is 0.396 e. The summed E-state index contributed by atoms with van der Waals surface area (Å²) in [5.41, 5.74) is 0.706. The normalized spacial score (nSPS) is 26.0. The van der Waals surface area contributed by atoms with Crippen LogP contribution in [0.15, 0.2) is 18.2 Å². The molecule has 3 rings (SSSR count). The van der Waals surface area contributed by atoms with Crippen molar-refractivity contribution in [2.45, 2.75) is 25.2 Å². The Morgan fingerprint density at radius 3 is 2.57 bits per heavy atom. The van der Waals surface area contributed by atoms with Crippen molar-refractivity contribution in [2.75, 3.05) is 19.7 Å².